The van der Waals surface area contributed by atoms with Gasteiger partial charge in [0.05, 0.1) is 5.69 Å². The van der Waals surface area contributed by atoms with Gasteiger partial charge in [-0.1, -0.05) is 19.3 Å². The Balaban J connectivity index is 0.00000338. The van der Waals surface area contributed by atoms with Crippen molar-refractivity contribution in [3.8, 4) is 0 Å². The summed E-state index contributed by atoms with van der Waals surface area (Å²) in [5, 5.41) is 14.0. The molecule has 1 aromatic heterocycles. The summed E-state index contributed by atoms with van der Waals surface area (Å²) in [6, 6.07) is 0.371. The zero-order chi connectivity index (χ0) is 18.2. The number of carbonyl (C=O) groups is 1. The van der Waals surface area contributed by atoms with E-state index in [1.54, 1.807) is 7.05 Å². The molecule has 0 radical (unpaired) electrons. The number of nitrogens with zero attached hydrogens (tertiary/aromatic N) is 3. The highest BCUT2D eigenvalue weighted by Gasteiger charge is 2.15. The average molecular weight is 476 g/mol. The third-order valence-electron chi connectivity index (χ3n) is 4.93. The van der Waals surface area contributed by atoms with Gasteiger partial charge in [-0.2, -0.15) is 5.10 Å². The van der Waals surface area contributed by atoms with Crippen molar-refractivity contribution in [1.29, 1.82) is 0 Å². The van der Waals surface area contributed by atoms with Gasteiger partial charge in [0.2, 0.25) is 5.91 Å². The summed E-state index contributed by atoms with van der Waals surface area (Å²) in [4.78, 5) is 16.2. The maximum atomic E-state index is 12.0. The van der Waals surface area contributed by atoms with E-state index < -0.39 is 0 Å². The second-order valence-electron chi connectivity index (χ2n) is 6.78. The van der Waals surface area contributed by atoms with Crippen LogP contribution in [-0.2, 0) is 18.4 Å². The lowest BCUT2D eigenvalue weighted by Gasteiger charge is -2.22. The van der Waals surface area contributed by atoms with Crippen LogP contribution in [0, 0.1) is 13.8 Å². The molecule has 0 saturated heterocycles. The van der Waals surface area contributed by atoms with Crippen LogP contribution in [0.2, 0.25) is 0 Å². The van der Waals surface area contributed by atoms with Gasteiger partial charge in [-0.15, -0.1) is 24.0 Å². The molecule has 0 atom stereocenters. The molecule has 2 rings (SSSR count). The molecule has 7 nitrogen and oxygen atoms in total. The van der Waals surface area contributed by atoms with Gasteiger partial charge in [-0.25, -0.2) is 0 Å². The van der Waals surface area contributed by atoms with Crippen LogP contribution in [0.25, 0.3) is 0 Å². The van der Waals surface area contributed by atoms with Crippen molar-refractivity contribution < 1.29 is 4.79 Å². The minimum Gasteiger partial charge on any atom is -0.356 e. The lowest BCUT2D eigenvalue weighted by molar-refractivity contribution is -0.121. The molecule has 0 spiro atoms. The molecule has 26 heavy (non-hydrogen) atoms. The molecule has 1 aliphatic carbocycles. The zero-order valence-electron chi connectivity index (χ0n) is 16.4. The van der Waals surface area contributed by atoms with Crippen LogP contribution in [0.15, 0.2) is 4.99 Å². The lowest BCUT2D eigenvalue weighted by atomic mass is 9.95. The van der Waals surface area contributed by atoms with Gasteiger partial charge in [0.25, 0.3) is 0 Å². The van der Waals surface area contributed by atoms with Crippen molar-refractivity contribution in [1.82, 2.24) is 25.7 Å². The summed E-state index contributed by atoms with van der Waals surface area (Å²) in [6.45, 7) is 5.31. The Bertz CT molecular complexity index is 607. The number of hydrogen-bond donors (Lipinski definition) is 3. The molecule has 0 aromatic carbocycles. The van der Waals surface area contributed by atoms with Crippen molar-refractivity contribution in [2.24, 2.45) is 12.0 Å². The van der Waals surface area contributed by atoms with Crippen LogP contribution in [0.4, 0.5) is 0 Å². The topological polar surface area (TPSA) is 83.3 Å². The third kappa shape index (κ3) is 6.77. The highest BCUT2D eigenvalue weighted by Crippen LogP contribution is 2.17. The predicted octanol–water partition coefficient (Wildman–Crippen LogP) is 2.16. The Kier molecular flexibility index (Phi) is 9.97. The quantitative estimate of drug-likeness (QED) is 0.334. The highest BCUT2D eigenvalue weighted by molar-refractivity contribution is 14.0. The molecule has 3 N–H and O–H groups in total. The van der Waals surface area contributed by atoms with Gasteiger partial charge in [-0.3, -0.25) is 14.5 Å². The molecule has 1 heterocycles. The minimum absolute atomic E-state index is 0. The fourth-order valence-electron chi connectivity index (χ4n) is 3.31. The van der Waals surface area contributed by atoms with Gasteiger partial charge >= 0.3 is 0 Å². The van der Waals surface area contributed by atoms with Gasteiger partial charge in [0.1, 0.15) is 0 Å². The molecule has 1 fully saturated rings. The number of guanidine groups is 1. The fraction of sp³-hybridized carbons (Fsp3) is 0.722. The summed E-state index contributed by atoms with van der Waals surface area (Å²) < 4.78 is 1.89. The van der Waals surface area contributed by atoms with E-state index in [4.69, 9.17) is 0 Å². The van der Waals surface area contributed by atoms with E-state index in [-0.39, 0.29) is 29.9 Å². The van der Waals surface area contributed by atoms with E-state index in [0.29, 0.717) is 31.5 Å². The van der Waals surface area contributed by atoms with Crippen LogP contribution in [0.5, 0.6) is 0 Å². The lowest BCUT2D eigenvalue weighted by Crippen LogP contribution is -2.41. The maximum absolute atomic E-state index is 12.0. The first kappa shape index (κ1) is 22.7. The van der Waals surface area contributed by atoms with E-state index >= 15 is 0 Å². The first-order chi connectivity index (χ1) is 12.0. The summed E-state index contributed by atoms with van der Waals surface area (Å²) in [5.41, 5.74) is 3.35. The predicted molar refractivity (Wildman–Crippen MR) is 116 cm³/mol. The summed E-state index contributed by atoms with van der Waals surface area (Å²) in [7, 11) is 3.68. The molecule has 0 unspecified atom stereocenters. The third-order valence-corrected chi connectivity index (χ3v) is 4.93. The van der Waals surface area contributed by atoms with Crippen molar-refractivity contribution in [3.05, 3.63) is 17.0 Å². The first-order valence-electron chi connectivity index (χ1n) is 9.24. The monoisotopic (exact) mass is 476 g/mol. The number of hydrogen-bond acceptors (Lipinski definition) is 3. The standard InChI is InChI=1S/C18H32N6O.HI/c1-13-16(14(2)24(4)23-13)12-21-18(19-3)20-11-10-17(25)22-15-8-6-5-7-9-15;/h15H,5-12H2,1-4H3,(H,22,25)(H2,19,20,21);1H. The van der Waals surface area contributed by atoms with Crippen molar-refractivity contribution in [2.45, 2.75) is 65.0 Å². The molecule has 1 amide bonds. The first-order valence-corrected chi connectivity index (χ1v) is 9.24. The van der Waals surface area contributed by atoms with E-state index in [1.165, 1.54) is 24.8 Å². The van der Waals surface area contributed by atoms with Crippen molar-refractivity contribution in [3.63, 3.8) is 0 Å². The summed E-state index contributed by atoms with van der Waals surface area (Å²) in [6.07, 6.45) is 6.45. The van der Waals surface area contributed by atoms with Gasteiger partial charge < -0.3 is 16.0 Å². The van der Waals surface area contributed by atoms with Crippen molar-refractivity contribution in [2.75, 3.05) is 13.6 Å². The fourth-order valence-corrected chi connectivity index (χ4v) is 3.31. The van der Waals surface area contributed by atoms with Crippen LogP contribution < -0.4 is 16.0 Å². The molecular weight excluding hydrogens is 443 g/mol. The number of rotatable bonds is 6. The Morgan fingerprint density at radius 3 is 2.50 bits per heavy atom. The maximum Gasteiger partial charge on any atom is 0.221 e. The zero-order valence-corrected chi connectivity index (χ0v) is 18.7. The smallest absolute Gasteiger partial charge is 0.221 e. The Morgan fingerprint density at radius 1 is 1.23 bits per heavy atom. The van der Waals surface area contributed by atoms with Crippen LogP contribution >= 0.6 is 24.0 Å². The molecule has 8 heteroatoms. The normalized spacial score (nSPS) is 15.3. The van der Waals surface area contributed by atoms with Gasteiger partial charge in [-0.05, 0) is 26.7 Å². The van der Waals surface area contributed by atoms with E-state index in [1.807, 2.05) is 18.7 Å². The van der Waals surface area contributed by atoms with E-state index in [0.717, 1.165) is 24.2 Å². The average Bonchev–Trinajstić information content (AvgIpc) is 2.84. The molecule has 148 valence electrons. The van der Waals surface area contributed by atoms with Crippen LogP contribution in [0.1, 0.15) is 55.5 Å². The molecule has 0 aliphatic heterocycles. The minimum atomic E-state index is 0. The number of aliphatic imine (C=N–C) groups is 1. The molecule has 0 bridgehead atoms. The van der Waals surface area contributed by atoms with Crippen molar-refractivity contribution >= 4 is 35.8 Å². The SMILES string of the molecule is CN=C(NCCC(=O)NC1CCCCC1)NCc1c(C)nn(C)c1C.I. The molecular formula is C18H33IN6O. The second-order valence-corrected chi connectivity index (χ2v) is 6.78. The Morgan fingerprint density at radius 2 is 1.92 bits per heavy atom. The van der Waals surface area contributed by atoms with E-state index in [9.17, 15) is 4.79 Å². The number of nitrogens with one attached hydrogen (secondary N) is 3. The van der Waals surface area contributed by atoms with Crippen LogP contribution in [-0.4, -0.2) is 41.3 Å². The van der Waals surface area contributed by atoms with Crippen LogP contribution in [0.3, 0.4) is 0 Å². The number of aryl methyl sites for hydroxylation is 2. The number of amides is 1. The highest BCUT2D eigenvalue weighted by atomic mass is 127. The number of aromatic nitrogens is 2. The van der Waals surface area contributed by atoms with Gasteiger partial charge in [0.15, 0.2) is 5.96 Å². The largest absolute Gasteiger partial charge is 0.356 e. The second kappa shape index (κ2) is 11.4. The summed E-state index contributed by atoms with van der Waals surface area (Å²) in [5.74, 6) is 0.821. The van der Waals surface area contributed by atoms with Gasteiger partial charge in [0, 0.05) is 50.9 Å². The summed E-state index contributed by atoms with van der Waals surface area (Å²) >= 11 is 0. The number of halogens is 1. The molecule has 1 saturated carbocycles. The number of carbonyl (C=O) groups excluding carboxylic acids is 1. The molecule has 1 aliphatic rings. The Hall–Kier alpha value is -1.32. The van der Waals surface area contributed by atoms with E-state index in [2.05, 4.69) is 33.0 Å². The molecule has 1 aromatic rings. The Labute approximate surface area is 173 Å².